The monoisotopic (exact) mass is 1240 g/mol. The Morgan fingerprint density at radius 1 is 0.352 bits per heavy atom. The van der Waals surface area contributed by atoms with Crippen LogP contribution < -0.4 is 0 Å². The minimum absolute atomic E-state index is 0.0238. The quantitative estimate of drug-likeness (QED) is 0.0211. The Bertz CT molecular complexity index is 2040. The molecule has 0 aromatic heterocycles. The van der Waals surface area contributed by atoms with E-state index in [0.29, 0.717) is 17.4 Å². The molecule has 0 amide bonds. The van der Waals surface area contributed by atoms with Gasteiger partial charge in [-0.2, -0.15) is 0 Å². The van der Waals surface area contributed by atoms with Crippen LogP contribution in [0.4, 0.5) is 0 Å². The highest BCUT2D eigenvalue weighted by atomic mass is 31.2. The van der Waals surface area contributed by atoms with E-state index in [9.17, 15) is 19.0 Å². The van der Waals surface area contributed by atoms with Crippen molar-refractivity contribution in [1.29, 1.82) is 0 Å². The van der Waals surface area contributed by atoms with Crippen LogP contribution in [-0.2, 0) is 32.7 Å². The van der Waals surface area contributed by atoms with Crippen LogP contribution in [-0.4, -0.2) is 74.9 Å². The molecule has 0 spiro atoms. The first-order chi connectivity index (χ1) is 43.0. The predicted molar refractivity (Wildman–Crippen MR) is 380 cm³/mol. The van der Waals surface area contributed by atoms with E-state index in [4.69, 9.17) is 18.5 Å². The van der Waals surface area contributed by atoms with E-state index >= 15 is 0 Å². The minimum atomic E-state index is -4.40. The summed E-state index contributed by atoms with van der Waals surface area (Å²) in [6.45, 7) is 4.20. The van der Waals surface area contributed by atoms with Crippen molar-refractivity contribution in [3.63, 3.8) is 0 Å². The second kappa shape index (κ2) is 67.0. The molecule has 0 aromatic rings. The van der Waals surface area contributed by atoms with Gasteiger partial charge in [-0.3, -0.25) is 18.6 Å². The molecule has 500 valence electrons. The van der Waals surface area contributed by atoms with Gasteiger partial charge < -0.3 is 18.9 Å². The van der Waals surface area contributed by atoms with Gasteiger partial charge in [0.2, 0.25) is 0 Å². The topological polar surface area (TPSA) is 108 Å². The Morgan fingerprint density at radius 2 is 0.614 bits per heavy atom. The summed E-state index contributed by atoms with van der Waals surface area (Å²) in [5.74, 6) is -0.809. The molecule has 0 aliphatic rings. The molecule has 0 saturated carbocycles. The highest BCUT2D eigenvalue weighted by molar-refractivity contribution is 7.47. The summed E-state index contributed by atoms with van der Waals surface area (Å²) in [4.78, 5) is 35.9. The molecule has 0 aromatic carbocycles. The lowest BCUT2D eigenvalue weighted by molar-refractivity contribution is -0.870. The molecule has 0 radical (unpaired) electrons. The molecule has 0 aliphatic carbocycles. The minimum Gasteiger partial charge on any atom is -0.462 e. The first-order valence-corrected chi connectivity index (χ1v) is 36.7. The number of phosphoric acid groups is 1. The van der Waals surface area contributed by atoms with Gasteiger partial charge in [-0.15, -0.1) is 0 Å². The lowest BCUT2D eigenvalue weighted by Crippen LogP contribution is -2.37. The zero-order valence-electron chi connectivity index (χ0n) is 56.9. The van der Waals surface area contributed by atoms with E-state index in [-0.39, 0.29) is 32.0 Å². The summed E-state index contributed by atoms with van der Waals surface area (Å²) in [6, 6.07) is 0. The number of rotatable bonds is 63. The van der Waals surface area contributed by atoms with E-state index in [0.717, 1.165) is 135 Å². The average molecular weight is 1240 g/mol. The second-order valence-electron chi connectivity index (χ2n) is 24.2. The third-order valence-electron chi connectivity index (χ3n) is 14.6. The molecule has 0 fully saturated rings. The van der Waals surface area contributed by atoms with Crippen LogP contribution in [0.5, 0.6) is 0 Å². The molecule has 0 saturated heterocycles. The summed E-state index contributed by atoms with van der Waals surface area (Å²) in [5, 5.41) is 0. The second-order valence-corrected chi connectivity index (χ2v) is 25.6. The summed E-state index contributed by atoms with van der Waals surface area (Å²) < 4.78 is 34.7. The van der Waals surface area contributed by atoms with Gasteiger partial charge in [-0.05, 0) is 122 Å². The predicted octanol–water partition coefficient (Wildman–Crippen LogP) is 23.2. The zero-order chi connectivity index (χ0) is 64.1. The number of unbranched alkanes of at least 4 members (excludes halogenated alkanes) is 23. The number of ether oxygens (including phenoxy) is 2. The van der Waals surface area contributed by atoms with Crippen LogP contribution in [0.25, 0.3) is 0 Å². The number of esters is 2. The summed E-state index contributed by atoms with van der Waals surface area (Å²) in [7, 11) is 1.46. The summed E-state index contributed by atoms with van der Waals surface area (Å²) in [6.07, 6.45) is 101. The Labute approximate surface area is 541 Å². The van der Waals surface area contributed by atoms with Gasteiger partial charge in [0.05, 0.1) is 27.7 Å². The smallest absolute Gasteiger partial charge is 0.462 e. The first kappa shape index (κ1) is 83.6. The van der Waals surface area contributed by atoms with Crippen LogP contribution >= 0.6 is 7.82 Å². The van der Waals surface area contributed by atoms with Crippen molar-refractivity contribution in [2.45, 2.75) is 277 Å². The van der Waals surface area contributed by atoms with Crippen molar-refractivity contribution in [3.05, 3.63) is 158 Å². The maximum Gasteiger partial charge on any atom is 0.472 e. The van der Waals surface area contributed by atoms with Crippen LogP contribution in [0.2, 0.25) is 0 Å². The fourth-order valence-corrected chi connectivity index (χ4v) is 9.98. The number of quaternary nitrogens is 1. The Morgan fingerprint density at radius 3 is 0.909 bits per heavy atom. The molecule has 2 atom stereocenters. The molecule has 10 heteroatoms. The summed E-state index contributed by atoms with van der Waals surface area (Å²) in [5.41, 5.74) is 0. The van der Waals surface area contributed by atoms with Crippen molar-refractivity contribution < 1.29 is 42.1 Å². The number of carbonyl (C=O) groups is 2. The van der Waals surface area contributed by atoms with Crippen molar-refractivity contribution in [2.24, 2.45) is 0 Å². The summed E-state index contributed by atoms with van der Waals surface area (Å²) >= 11 is 0. The van der Waals surface area contributed by atoms with Gasteiger partial charge in [-0.25, -0.2) is 4.57 Å². The molecular weight excluding hydrogens is 1110 g/mol. The Balaban J connectivity index is 4.08. The first-order valence-electron chi connectivity index (χ1n) is 35.2. The zero-order valence-corrected chi connectivity index (χ0v) is 57.8. The van der Waals surface area contributed by atoms with Crippen LogP contribution in [0, 0.1) is 0 Å². The van der Waals surface area contributed by atoms with Crippen LogP contribution in [0.3, 0.4) is 0 Å². The molecule has 9 nitrogen and oxygen atoms in total. The highest BCUT2D eigenvalue weighted by Crippen LogP contribution is 2.43. The van der Waals surface area contributed by atoms with Crippen molar-refractivity contribution >= 4 is 19.8 Å². The normalized spacial score (nSPS) is 14.1. The number of hydrogen-bond acceptors (Lipinski definition) is 7. The van der Waals surface area contributed by atoms with E-state index in [1.807, 2.05) is 21.1 Å². The van der Waals surface area contributed by atoms with Gasteiger partial charge in [0.15, 0.2) is 6.10 Å². The molecule has 0 aliphatic heterocycles. The van der Waals surface area contributed by atoms with Crippen molar-refractivity contribution in [2.75, 3.05) is 47.5 Å². The number of carbonyl (C=O) groups excluding carboxylic acids is 2. The molecular formula is C78H131NO8P+. The fourth-order valence-electron chi connectivity index (χ4n) is 9.24. The Kier molecular flexibility index (Phi) is 63.7. The van der Waals surface area contributed by atoms with E-state index in [1.165, 1.54) is 103 Å². The number of allylic oxidation sites excluding steroid dienone is 26. The number of likely N-dealkylation sites (N-methyl/N-ethyl adjacent to an activating group) is 1. The lowest BCUT2D eigenvalue weighted by atomic mass is 10.0. The van der Waals surface area contributed by atoms with Crippen molar-refractivity contribution in [1.82, 2.24) is 0 Å². The molecule has 0 rings (SSSR count). The van der Waals surface area contributed by atoms with E-state index in [2.05, 4.69) is 172 Å². The van der Waals surface area contributed by atoms with Crippen molar-refractivity contribution in [3.8, 4) is 0 Å². The van der Waals surface area contributed by atoms with Crippen LogP contribution in [0.15, 0.2) is 158 Å². The SMILES string of the molecule is CC/C=C\C/C=C\C/C=C\C/C=C\C/C=C\C/C=C\C/C=C\C/C=C\CCCCCCCCCCCCCCCCC(=O)OC(COC(=O)CCCCCCCCCCC/C=C\C/C=C\C/C=C\C/C=C\C/C=C\CC)COP(=O)(O)OCC[N+](C)(C)C. The van der Waals surface area contributed by atoms with Gasteiger partial charge in [0, 0.05) is 12.8 Å². The van der Waals surface area contributed by atoms with Gasteiger partial charge >= 0.3 is 19.8 Å². The van der Waals surface area contributed by atoms with Gasteiger partial charge in [0.25, 0.3) is 0 Å². The molecule has 0 heterocycles. The molecule has 1 N–H and O–H groups in total. The highest BCUT2D eigenvalue weighted by Gasteiger charge is 2.27. The molecule has 2 unspecified atom stereocenters. The number of phosphoric ester groups is 1. The average Bonchev–Trinajstić information content (AvgIpc) is 3.68. The van der Waals surface area contributed by atoms with Crippen LogP contribution in [0.1, 0.15) is 271 Å². The standard InChI is InChI=1S/C78H130NO8P/c1-6-8-10-12-14-16-18-20-22-24-26-28-30-32-33-34-35-36-37-38-39-40-41-42-43-44-45-47-49-51-53-55-57-59-61-63-65-67-69-71-78(81)87-76(75-86-88(82,83)85-73-72-79(3,4)5)74-84-77(80)70-68-66-64-62-60-58-56-54-52-50-48-46-31-29-27-25-23-21-19-17-15-13-11-9-7-2/h8-11,14-17,20-23,26-29,32-33,35-36,38-39,41-42,46,48,76H,6-7,12-13,18-19,24-25,30-31,34,37,40,43-45,47,49-75H2,1-5H3/p+1/b10-8-,11-9-,16-14-,17-15-,22-20-,23-21-,28-26-,29-27-,33-32-,36-35-,39-38-,42-41-,48-46-. The maximum absolute atomic E-state index is 12.9. The van der Waals surface area contributed by atoms with E-state index in [1.54, 1.807) is 0 Å². The third kappa shape index (κ3) is 70.7. The lowest BCUT2D eigenvalue weighted by Gasteiger charge is -2.24. The van der Waals surface area contributed by atoms with E-state index < -0.39 is 26.5 Å². The third-order valence-corrected chi connectivity index (χ3v) is 15.5. The number of nitrogens with zero attached hydrogens (tertiary/aromatic N) is 1. The van der Waals surface area contributed by atoms with Gasteiger partial charge in [0.1, 0.15) is 19.8 Å². The fraction of sp³-hybridized carbons (Fsp3) is 0.641. The molecule has 88 heavy (non-hydrogen) atoms. The van der Waals surface area contributed by atoms with Gasteiger partial charge in [-0.1, -0.05) is 294 Å². The Hall–Kier alpha value is -4.37. The largest absolute Gasteiger partial charge is 0.472 e. The molecule has 0 bridgehead atoms. The number of hydrogen-bond donors (Lipinski definition) is 1. The maximum atomic E-state index is 12.9.